The predicted molar refractivity (Wildman–Crippen MR) is 109 cm³/mol. The van der Waals surface area contributed by atoms with Crippen LogP contribution in [0.4, 0.5) is 10.1 Å². The van der Waals surface area contributed by atoms with Crippen molar-refractivity contribution in [1.29, 1.82) is 0 Å². The second-order valence-corrected chi connectivity index (χ2v) is 7.86. The molecule has 3 rings (SSSR count). The molecule has 0 bridgehead atoms. The second-order valence-electron chi connectivity index (χ2n) is 7.45. The zero-order valence-electron chi connectivity index (χ0n) is 16.6. The molecule has 1 saturated heterocycles. The molecule has 0 saturated carbocycles. The summed E-state index contributed by atoms with van der Waals surface area (Å²) in [6.07, 6.45) is 1.90. The van der Waals surface area contributed by atoms with Crippen LogP contribution in [0.2, 0.25) is 5.02 Å². The highest BCUT2D eigenvalue weighted by molar-refractivity contribution is 6.39. The van der Waals surface area contributed by atoms with Crippen molar-refractivity contribution in [3.63, 3.8) is 0 Å². The van der Waals surface area contributed by atoms with Gasteiger partial charge in [-0.05, 0) is 70.0 Å². The van der Waals surface area contributed by atoms with E-state index in [2.05, 4.69) is 21.6 Å². The van der Waals surface area contributed by atoms with Crippen molar-refractivity contribution in [2.45, 2.75) is 33.2 Å². The highest BCUT2D eigenvalue weighted by Gasteiger charge is 2.22. The van der Waals surface area contributed by atoms with E-state index in [0.717, 1.165) is 50.1 Å². The van der Waals surface area contributed by atoms with Crippen LogP contribution in [0.15, 0.2) is 28.7 Å². The normalized spacial score (nSPS) is 15.3. The van der Waals surface area contributed by atoms with E-state index < -0.39 is 17.6 Å². The first kappa shape index (κ1) is 21.3. The first-order valence-corrected chi connectivity index (χ1v) is 10.0. The summed E-state index contributed by atoms with van der Waals surface area (Å²) in [6.45, 7) is 7.12. The number of halogens is 2. The van der Waals surface area contributed by atoms with E-state index in [1.54, 1.807) is 0 Å². The molecule has 2 heterocycles. The highest BCUT2D eigenvalue weighted by atomic mass is 35.5. The van der Waals surface area contributed by atoms with Gasteiger partial charge in [-0.2, -0.15) is 0 Å². The second kappa shape index (κ2) is 9.41. The van der Waals surface area contributed by atoms with Crippen molar-refractivity contribution in [1.82, 2.24) is 10.2 Å². The fraction of sp³-hybridized carbons (Fsp3) is 0.429. The molecule has 6 nitrogen and oxygen atoms in total. The number of furan rings is 1. The van der Waals surface area contributed by atoms with E-state index in [4.69, 9.17) is 16.0 Å². The van der Waals surface area contributed by atoms with Crippen LogP contribution in [-0.2, 0) is 16.1 Å². The molecule has 8 heteroatoms. The molecule has 2 amide bonds. The summed E-state index contributed by atoms with van der Waals surface area (Å²) in [6, 6.07) is 5.83. The van der Waals surface area contributed by atoms with Crippen LogP contribution in [0.5, 0.6) is 0 Å². The molecule has 1 aliphatic rings. The topological polar surface area (TPSA) is 74.6 Å². The molecular weight excluding hydrogens is 397 g/mol. The van der Waals surface area contributed by atoms with Crippen LogP contribution < -0.4 is 10.6 Å². The Bertz CT molecular complexity index is 891. The Morgan fingerprint density at radius 3 is 2.55 bits per heavy atom. The number of likely N-dealkylation sites (tertiary alicyclic amines) is 1. The molecule has 2 aromatic rings. The SMILES string of the molecule is Cc1cc(CN2CCC(CNC(=O)C(=O)Nc3ccc(F)c(Cl)c3)CC2)c(C)o1. The molecule has 0 unspecified atom stereocenters. The molecular formula is C21H25ClFN3O3. The van der Waals surface area contributed by atoms with Gasteiger partial charge in [0.15, 0.2) is 0 Å². The maximum Gasteiger partial charge on any atom is 0.313 e. The maximum atomic E-state index is 13.2. The van der Waals surface area contributed by atoms with Gasteiger partial charge in [0.2, 0.25) is 0 Å². The number of benzene rings is 1. The molecule has 0 aliphatic carbocycles. The Labute approximate surface area is 174 Å². The van der Waals surface area contributed by atoms with Gasteiger partial charge in [0.25, 0.3) is 0 Å². The number of hydrogen-bond donors (Lipinski definition) is 2. The van der Waals surface area contributed by atoms with E-state index in [9.17, 15) is 14.0 Å². The van der Waals surface area contributed by atoms with Gasteiger partial charge in [0.05, 0.1) is 5.02 Å². The van der Waals surface area contributed by atoms with Crippen LogP contribution in [0.25, 0.3) is 0 Å². The lowest BCUT2D eigenvalue weighted by molar-refractivity contribution is -0.136. The number of amides is 2. The Kier molecular flexibility index (Phi) is 6.92. The van der Waals surface area contributed by atoms with Gasteiger partial charge in [-0.25, -0.2) is 4.39 Å². The summed E-state index contributed by atoms with van der Waals surface area (Å²) in [4.78, 5) is 26.4. The van der Waals surface area contributed by atoms with Crippen molar-refractivity contribution in [3.8, 4) is 0 Å². The fourth-order valence-corrected chi connectivity index (χ4v) is 3.69. The minimum absolute atomic E-state index is 0.115. The van der Waals surface area contributed by atoms with Crippen molar-refractivity contribution in [3.05, 3.63) is 52.2 Å². The zero-order valence-corrected chi connectivity index (χ0v) is 17.3. The lowest BCUT2D eigenvalue weighted by Gasteiger charge is -2.31. The molecule has 0 atom stereocenters. The molecule has 29 heavy (non-hydrogen) atoms. The zero-order chi connectivity index (χ0) is 21.0. The largest absolute Gasteiger partial charge is 0.466 e. The Morgan fingerprint density at radius 1 is 1.21 bits per heavy atom. The summed E-state index contributed by atoms with van der Waals surface area (Å²) in [5.74, 6) is 0.129. The average molecular weight is 422 g/mol. The summed E-state index contributed by atoms with van der Waals surface area (Å²) < 4.78 is 18.7. The maximum absolute atomic E-state index is 13.2. The third kappa shape index (κ3) is 5.81. The number of nitrogens with one attached hydrogen (secondary N) is 2. The van der Waals surface area contributed by atoms with Crippen LogP contribution in [0.1, 0.15) is 29.9 Å². The minimum Gasteiger partial charge on any atom is -0.466 e. The molecule has 1 aromatic heterocycles. The van der Waals surface area contributed by atoms with Crippen molar-refractivity contribution >= 4 is 29.1 Å². The third-order valence-corrected chi connectivity index (χ3v) is 5.47. The third-order valence-electron chi connectivity index (χ3n) is 5.18. The summed E-state index contributed by atoms with van der Waals surface area (Å²) in [7, 11) is 0. The number of aryl methyl sites for hydroxylation is 2. The summed E-state index contributed by atoms with van der Waals surface area (Å²) in [5.41, 5.74) is 1.49. The number of carbonyl (C=O) groups is 2. The van der Waals surface area contributed by atoms with E-state index in [1.165, 1.54) is 17.7 Å². The minimum atomic E-state index is -0.795. The molecule has 1 fully saturated rings. The van der Waals surface area contributed by atoms with E-state index >= 15 is 0 Å². The average Bonchev–Trinajstić information content (AvgIpc) is 3.00. The molecule has 0 spiro atoms. The van der Waals surface area contributed by atoms with Crippen molar-refractivity contribution < 1.29 is 18.4 Å². The first-order chi connectivity index (χ1) is 13.8. The Hall–Kier alpha value is -2.38. The summed E-state index contributed by atoms with van der Waals surface area (Å²) in [5, 5.41) is 4.99. The smallest absolute Gasteiger partial charge is 0.313 e. The van der Waals surface area contributed by atoms with Crippen LogP contribution in [0.3, 0.4) is 0 Å². The molecule has 1 aliphatic heterocycles. The number of carbonyl (C=O) groups excluding carboxylic acids is 2. The quantitative estimate of drug-likeness (QED) is 0.722. The Morgan fingerprint density at radius 2 is 1.93 bits per heavy atom. The van der Waals surface area contributed by atoms with Gasteiger partial charge in [0, 0.05) is 24.3 Å². The van der Waals surface area contributed by atoms with Gasteiger partial charge in [-0.3, -0.25) is 14.5 Å². The van der Waals surface area contributed by atoms with Crippen molar-refractivity contribution in [2.24, 2.45) is 5.92 Å². The predicted octanol–water partition coefficient (Wildman–Crippen LogP) is 3.66. The van der Waals surface area contributed by atoms with E-state index in [1.807, 2.05) is 13.8 Å². The van der Waals surface area contributed by atoms with E-state index in [0.29, 0.717) is 12.5 Å². The number of hydrogen-bond acceptors (Lipinski definition) is 4. The fourth-order valence-electron chi connectivity index (χ4n) is 3.51. The Balaban J connectivity index is 1.40. The number of piperidine rings is 1. The van der Waals surface area contributed by atoms with Gasteiger partial charge >= 0.3 is 11.8 Å². The lowest BCUT2D eigenvalue weighted by atomic mass is 9.96. The molecule has 2 N–H and O–H groups in total. The van der Waals surface area contributed by atoms with E-state index in [-0.39, 0.29) is 10.7 Å². The number of anilines is 1. The van der Waals surface area contributed by atoms with Crippen LogP contribution in [-0.4, -0.2) is 36.3 Å². The standard InChI is InChI=1S/C21H25ClFN3O3/c1-13-9-16(14(2)29-13)12-26-7-5-15(6-8-26)11-24-20(27)21(28)25-17-3-4-19(23)18(22)10-17/h3-4,9-10,15H,5-8,11-12H2,1-2H3,(H,24,27)(H,25,28). The van der Waals surface area contributed by atoms with Gasteiger partial charge in [-0.15, -0.1) is 0 Å². The number of rotatable bonds is 5. The molecule has 156 valence electrons. The van der Waals surface area contributed by atoms with Crippen LogP contribution in [0, 0.1) is 25.6 Å². The lowest BCUT2D eigenvalue weighted by Crippen LogP contribution is -2.41. The van der Waals surface area contributed by atoms with Gasteiger partial charge < -0.3 is 15.1 Å². The van der Waals surface area contributed by atoms with Gasteiger partial charge in [-0.1, -0.05) is 11.6 Å². The van der Waals surface area contributed by atoms with Crippen LogP contribution >= 0.6 is 11.6 Å². The molecule has 1 aromatic carbocycles. The van der Waals surface area contributed by atoms with Crippen molar-refractivity contribution in [2.75, 3.05) is 25.0 Å². The van der Waals surface area contributed by atoms with Gasteiger partial charge in [0.1, 0.15) is 17.3 Å². The number of nitrogens with zero attached hydrogens (tertiary/aromatic N) is 1. The summed E-state index contributed by atoms with van der Waals surface area (Å²) >= 11 is 5.68. The first-order valence-electron chi connectivity index (χ1n) is 9.64. The molecule has 0 radical (unpaired) electrons. The monoisotopic (exact) mass is 421 g/mol. The highest BCUT2D eigenvalue weighted by Crippen LogP contribution is 2.22.